The van der Waals surface area contributed by atoms with Gasteiger partial charge in [0, 0.05) is 13.6 Å². The summed E-state index contributed by atoms with van der Waals surface area (Å²) in [6.07, 6.45) is 0. The number of nitro groups is 1. The molecule has 0 saturated carbocycles. The second-order valence-electron chi connectivity index (χ2n) is 5.57. The van der Waals surface area contributed by atoms with Gasteiger partial charge in [0.25, 0.3) is 5.91 Å². The van der Waals surface area contributed by atoms with Crippen LogP contribution in [0, 0.1) is 27.2 Å². The Kier molecular flexibility index (Phi) is 4.95. The van der Waals surface area contributed by atoms with Crippen LogP contribution in [0.15, 0.2) is 12.1 Å². The minimum Gasteiger partial charge on any atom is -0.341 e. The van der Waals surface area contributed by atoms with Crippen molar-refractivity contribution in [3.05, 3.63) is 39.4 Å². The summed E-state index contributed by atoms with van der Waals surface area (Å²) in [5, 5.41) is 10.7. The molecule has 8 heteroatoms. The molecule has 0 aromatic heterocycles. The summed E-state index contributed by atoms with van der Waals surface area (Å²) >= 11 is 0. The van der Waals surface area contributed by atoms with Crippen LogP contribution in [-0.4, -0.2) is 35.9 Å². The van der Waals surface area contributed by atoms with E-state index in [1.807, 2.05) is 0 Å². The number of carbonyl (C=O) groups excluding carboxylic acids is 1. The van der Waals surface area contributed by atoms with E-state index >= 15 is 0 Å². The molecule has 0 saturated heterocycles. The van der Waals surface area contributed by atoms with Gasteiger partial charge in [-0.15, -0.1) is 0 Å². The minimum atomic E-state index is -1.34. The molecule has 1 amide bonds. The van der Waals surface area contributed by atoms with Crippen LogP contribution in [0.1, 0.15) is 24.2 Å². The molecular formula is C13H17F2N3O3. The average molecular weight is 301 g/mol. The van der Waals surface area contributed by atoms with Gasteiger partial charge in [0.1, 0.15) is 5.82 Å². The first-order chi connectivity index (χ1) is 9.59. The number of nitrogens with two attached hydrogens (primary N) is 1. The van der Waals surface area contributed by atoms with Crippen LogP contribution in [0.25, 0.3) is 0 Å². The van der Waals surface area contributed by atoms with Gasteiger partial charge in [-0.3, -0.25) is 14.9 Å². The average Bonchev–Trinajstić information content (AvgIpc) is 2.39. The van der Waals surface area contributed by atoms with Crippen molar-refractivity contribution in [2.45, 2.75) is 13.8 Å². The molecule has 0 atom stereocenters. The van der Waals surface area contributed by atoms with E-state index in [-0.39, 0.29) is 13.1 Å². The van der Waals surface area contributed by atoms with E-state index in [2.05, 4.69) is 0 Å². The monoisotopic (exact) mass is 301 g/mol. The van der Waals surface area contributed by atoms with E-state index in [9.17, 15) is 23.7 Å². The van der Waals surface area contributed by atoms with Crippen molar-refractivity contribution < 1.29 is 18.5 Å². The number of nitrogens with zero attached hydrogens (tertiary/aromatic N) is 2. The number of nitro benzene ring substituents is 1. The Morgan fingerprint density at radius 2 is 2.00 bits per heavy atom. The van der Waals surface area contributed by atoms with Crippen molar-refractivity contribution in [3.8, 4) is 0 Å². The van der Waals surface area contributed by atoms with Crippen molar-refractivity contribution in [1.82, 2.24) is 4.90 Å². The van der Waals surface area contributed by atoms with Crippen molar-refractivity contribution in [2.24, 2.45) is 11.1 Å². The Balaban J connectivity index is 3.16. The number of rotatable bonds is 5. The van der Waals surface area contributed by atoms with Crippen LogP contribution in [0.2, 0.25) is 0 Å². The summed E-state index contributed by atoms with van der Waals surface area (Å²) in [5.41, 5.74) is 3.40. The molecular weight excluding hydrogens is 284 g/mol. The molecule has 2 N–H and O–H groups in total. The maximum atomic E-state index is 13.9. The lowest BCUT2D eigenvalue weighted by Crippen LogP contribution is -2.40. The topological polar surface area (TPSA) is 89.5 Å². The van der Waals surface area contributed by atoms with Gasteiger partial charge in [0.2, 0.25) is 5.82 Å². The standard InChI is InChI=1S/C13H17F2N3O3/c1-13(2,6-16)7-17(3)12(19)9-4-8(14)5-10(11(9)15)18(20)21/h4-5H,6-7,16H2,1-3H3. The predicted molar refractivity (Wildman–Crippen MR) is 72.8 cm³/mol. The lowest BCUT2D eigenvalue weighted by atomic mass is 9.93. The Bertz CT molecular complexity index is 576. The molecule has 0 bridgehead atoms. The van der Waals surface area contributed by atoms with E-state index in [0.29, 0.717) is 12.1 Å². The second-order valence-corrected chi connectivity index (χ2v) is 5.57. The lowest BCUT2D eigenvalue weighted by Gasteiger charge is -2.29. The van der Waals surface area contributed by atoms with Gasteiger partial charge < -0.3 is 10.6 Å². The highest BCUT2D eigenvalue weighted by atomic mass is 19.1. The third-order valence-corrected chi connectivity index (χ3v) is 3.01. The summed E-state index contributed by atoms with van der Waals surface area (Å²) in [6, 6.07) is 1.09. The number of halogens is 2. The summed E-state index contributed by atoms with van der Waals surface area (Å²) in [5.74, 6) is -3.22. The largest absolute Gasteiger partial charge is 0.341 e. The zero-order valence-electron chi connectivity index (χ0n) is 12.0. The Morgan fingerprint density at radius 1 is 1.43 bits per heavy atom. The molecule has 1 aromatic rings. The zero-order chi connectivity index (χ0) is 16.4. The molecule has 0 aliphatic carbocycles. The van der Waals surface area contributed by atoms with Gasteiger partial charge in [0.05, 0.1) is 16.6 Å². The molecule has 0 spiro atoms. The molecule has 1 rings (SSSR count). The molecule has 1 aromatic carbocycles. The lowest BCUT2D eigenvalue weighted by molar-refractivity contribution is -0.387. The predicted octanol–water partition coefficient (Wildman–Crippen LogP) is 1.93. The van der Waals surface area contributed by atoms with E-state index in [4.69, 9.17) is 5.73 Å². The third-order valence-electron chi connectivity index (χ3n) is 3.01. The fraction of sp³-hybridized carbons (Fsp3) is 0.462. The van der Waals surface area contributed by atoms with Crippen LogP contribution in [0.4, 0.5) is 14.5 Å². The van der Waals surface area contributed by atoms with Crippen LogP contribution in [0.5, 0.6) is 0 Å². The Hall–Kier alpha value is -2.09. The summed E-state index contributed by atoms with van der Waals surface area (Å²) in [7, 11) is 1.40. The molecule has 0 unspecified atom stereocenters. The number of hydrogen-bond acceptors (Lipinski definition) is 4. The normalized spacial score (nSPS) is 11.3. The molecule has 6 nitrogen and oxygen atoms in total. The number of hydrogen-bond donors (Lipinski definition) is 1. The first-order valence-electron chi connectivity index (χ1n) is 6.18. The third kappa shape index (κ3) is 3.94. The zero-order valence-corrected chi connectivity index (χ0v) is 12.0. The van der Waals surface area contributed by atoms with Crippen LogP contribution >= 0.6 is 0 Å². The summed E-state index contributed by atoms with van der Waals surface area (Å²) < 4.78 is 27.3. The number of carbonyl (C=O) groups is 1. The maximum absolute atomic E-state index is 13.9. The molecule has 116 valence electrons. The van der Waals surface area contributed by atoms with Crippen molar-refractivity contribution in [3.63, 3.8) is 0 Å². The van der Waals surface area contributed by atoms with E-state index in [1.54, 1.807) is 13.8 Å². The Labute approximate surface area is 120 Å². The maximum Gasteiger partial charge on any atom is 0.308 e. The number of benzene rings is 1. The minimum absolute atomic E-state index is 0.200. The van der Waals surface area contributed by atoms with E-state index < -0.39 is 39.1 Å². The van der Waals surface area contributed by atoms with Gasteiger partial charge in [0.15, 0.2) is 0 Å². The van der Waals surface area contributed by atoms with Gasteiger partial charge in [-0.25, -0.2) is 4.39 Å². The fourth-order valence-corrected chi connectivity index (χ4v) is 1.85. The van der Waals surface area contributed by atoms with Gasteiger partial charge in [-0.1, -0.05) is 13.8 Å². The second kappa shape index (κ2) is 6.13. The van der Waals surface area contributed by atoms with Crippen molar-refractivity contribution in [2.75, 3.05) is 20.1 Å². The highest BCUT2D eigenvalue weighted by Gasteiger charge is 2.28. The highest BCUT2D eigenvalue weighted by Crippen LogP contribution is 2.24. The van der Waals surface area contributed by atoms with Crippen molar-refractivity contribution >= 4 is 11.6 Å². The van der Waals surface area contributed by atoms with Crippen molar-refractivity contribution in [1.29, 1.82) is 0 Å². The van der Waals surface area contributed by atoms with Gasteiger partial charge >= 0.3 is 5.69 Å². The van der Waals surface area contributed by atoms with Crippen LogP contribution in [-0.2, 0) is 0 Å². The Morgan fingerprint density at radius 3 is 2.48 bits per heavy atom. The van der Waals surface area contributed by atoms with E-state index in [0.717, 1.165) is 4.90 Å². The molecule has 0 fully saturated rings. The molecule has 0 radical (unpaired) electrons. The van der Waals surface area contributed by atoms with E-state index in [1.165, 1.54) is 7.05 Å². The molecule has 0 aliphatic rings. The fourth-order valence-electron chi connectivity index (χ4n) is 1.85. The summed E-state index contributed by atoms with van der Waals surface area (Å²) in [6.45, 7) is 4.10. The summed E-state index contributed by atoms with van der Waals surface area (Å²) in [4.78, 5) is 22.9. The SMILES string of the molecule is CN(CC(C)(C)CN)C(=O)c1cc(F)cc([N+](=O)[O-])c1F. The number of amides is 1. The first-order valence-corrected chi connectivity index (χ1v) is 6.18. The highest BCUT2D eigenvalue weighted by molar-refractivity contribution is 5.95. The molecule has 0 heterocycles. The van der Waals surface area contributed by atoms with Gasteiger partial charge in [-0.05, 0) is 18.0 Å². The molecule has 0 aliphatic heterocycles. The molecule has 21 heavy (non-hydrogen) atoms. The van der Waals surface area contributed by atoms with Crippen LogP contribution in [0.3, 0.4) is 0 Å². The van der Waals surface area contributed by atoms with Gasteiger partial charge in [-0.2, -0.15) is 4.39 Å². The smallest absolute Gasteiger partial charge is 0.308 e. The quantitative estimate of drug-likeness (QED) is 0.664. The first kappa shape index (κ1) is 17.0. The van der Waals surface area contributed by atoms with Crippen LogP contribution < -0.4 is 5.73 Å².